The lowest BCUT2D eigenvalue weighted by atomic mass is 10.0. The molecule has 16 heteroatoms. The lowest BCUT2D eigenvalue weighted by molar-refractivity contribution is -0.136. The summed E-state index contributed by atoms with van der Waals surface area (Å²) in [6.07, 6.45) is 11.4. The Hall–Kier alpha value is -7.17. The predicted molar refractivity (Wildman–Crippen MR) is 253 cm³/mol. The second-order valence-electron chi connectivity index (χ2n) is 17.7. The number of imidazole rings is 2. The molecule has 2 N–H and O–H groups in total. The summed E-state index contributed by atoms with van der Waals surface area (Å²) in [5.41, 5.74) is 9.77. The van der Waals surface area contributed by atoms with Gasteiger partial charge in [-0.2, -0.15) is 0 Å². The van der Waals surface area contributed by atoms with Crippen LogP contribution < -0.4 is 15.1 Å². The average molecular weight is 881 g/mol. The third-order valence-electron chi connectivity index (χ3n) is 13.4. The SMILES string of the molecule is C[C@@H]1CN(c2ncc(-c3ccc4nc5n(c4n3)[C@@H](c3ccccc3)CC5)cn2)CCN1.C[C@@H]1CN(c2ncc(-c3ccc4nc5n(c4n3)[C@@H](c3ccccc3)CC5)cn2)CCN1C(=O)CO. The Labute approximate surface area is 382 Å². The van der Waals surface area contributed by atoms with Crippen LogP contribution in [0.15, 0.2) is 110 Å². The van der Waals surface area contributed by atoms with Crippen LogP contribution in [0.25, 0.3) is 44.8 Å². The van der Waals surface area contributed by atoms with E-state index in [9.17, 15) is 4.79 Å². The number of rotatable bonds is 7. The molecule has 0 saturated carbocycles. The number of nitrogens with one attached hydrogen (secondary N) is 1. The molecule has 2 aromatic carbocycles. The van der Waals surface area contributed by atoms with Crippen LogP contribution in [0.2, 0.25) is 0 Å². The van der Waals surface area contributed by atoms with E-state index in [1.54, 1.807) is 4.90 Å². The van der Waals surface area contributed by atoms with Gasteiger partial charge in [0.05, 0.1) is 23.5 Å². The van der Waals surface area contributed by atoms with Crippen molar-refractivity contribution in [3.63, 3.8) is 0 Å². The molecule has 334 valence electrons. The van der Waals surface area contributed by atoms with Crippen LogP contribution in [0.5, 0.6) is 0 Å². The summed E-state index contributed by atoms with van der Waals surface area (Å²) >= 11 is 0. The van der Waals surface area contributed by atoms with Crippen LogP contribution in [-0.4, -0.2) is 123 Å². The smallest absolute Gasteiger partial charge is 0.248 e. The van der Waals surface area contributed by atoms with Crippen LogP contribution >= 0.6 is 0 Å². The van der Waals surface area contributed by atoms with Gasteiger partial charge in [-0.1, -0.05) is 60.7 Å². The summed E-state index contributed by atoms with van der Waals surface area (Å²) < 4.78 is 4.59. The number of anilines is 2. The van der Waals surface area contributed by atoms with Crippen LogP contribution in [0.4, 0.5) is 11.9 Å². The summed E-state index contributed by atoms with van der Waals surface area (Å²) in [5, 5.41) is 12.6. The van der Waals surface area contributed by atoms with Gasteiger partial charge >= 0.3 is 0 Å². The zero-order valence-electron chi connectivity index (χ0n) is 37.1. The first-order valence-electron chi connectivity index (χ1n) is 23.0. The minimum Gasteiger partial charge on any atom is -0.387 e. The van der Waals surface area contributed by atoms with Crippen molar-refractivity contribution < 1.29 is 9.90 Å². The number of benzene rings is 2. The van der Waals surface area contributed by atoms with E-state index in [1.165, 1.54) is 11.1 Å². The molecule has 8 aromatic rings. The van der Waals surface area contributed by atoms with Gasteiger partial charge < -0.3 is 34.3 Å². The number of hydrogen-bond donors (Lipinski definition) is 2. The lowest BCUT2D eigenvalue weighted by Crippen LogP contribution is -2.55. The largest absolute Gasteiger partial charge is 0.387 e. The molecule has 4 aliphatic rings. The summed E-state index contributed by atoms with van der Waals surface area (Å²) in [7, 11) is 0. The van der Waals surface area contributed by atoms with E-state index < -0.39 is 6.61 Å². The second-order valence-corrected chi connectivity index (χ2v) is 17.7. The highest BCUT2D eigenvalue weighted by Crippen LogP contribution is 2.37. The van der Waals surface area contributed by atoms with Gasteiger partial charge in [-0.05, 0) is 62.1 Å². The number of piperazine rings is 2. The number of aliphatic hydroxyl groups is 1. The molecule has 0 radical (unpaired) electrons. The van der Waals surface area contributed by atoms with Crippen molar-refractivity contribution in [1.29, 1.82) is 0 Å². The van der Waals surface area contributed by atoms with Crippen molar-refractivity contribution in [2.45, 2.75) is 63.7 Å². The maximum absolute atomic E-state index is 11.9. The van der Waals surface area contributed by atoms with E-state index in [-0.39, 0.29) is 24.0 Å². The van der Waals surface area contributed by atoms with Gasteiger partial charge in [0, 0.05) is 100 Å². The molecule has 0 spiro atoms. The first-order valence-corrected chi connectivity index (χ1v) is 23.0. The Morgan fingerprint density at radius 1 is 0.621 bits per heavy atom. The van der Waals surface area contributed by atoms with Gasteiger partial charge in [0.25, 0.3) is 0 Å². The summed E-state index contributed by atoms with van der Waals surface area (Å²) in [6.45, 7) is 8.30. The van der Waals surface area contributed by atoms with Gasteiger partial charge in [-0.25, -0.2) is 39.9 Å². The third kappa shape index (κ3) is 7.89. The molecule has 12 rings (SSSR count). The first-order chi connectivity index (χ1) is 32.4. The standard InChI is InChI=1S/C26H27N7O2.C24H25N7/c1-17-15-31(11-12-32(17)24(35)16-34)26-27-13-19(14-28-26)20-7-8-21-25(30-20)33-22(9-10-23(33)29-21)18-5-3-2-4-6-18;1-16-15-30(12-11-25-16)24-26-13-18(14-27-24)19-7-8-20-23(29-19)31-21(9-10-22(31)28-20)17-5-3-2-4-6-17/h2-8,13-14,17,22,34H,9-12,15-16H2,1H3;2-8,13-14,16,21,25H,9-12,15H2,1H3/t17-,22-;16-,21-/m11/s1. The van der Waals surface area contributed by atoms with Crippen molar-refractivity contribution in [2.75, 3.05) is 55.7 Å². The van der Waals surface area contributed by atoms with Crippen molar-refractivity contribution in [3.05, 3.63) is 132 Å². The molecule has 4 atom stereocenters. The minimum atomic E-state index is -0.459. The maximum atomic E-state index is 11.9. The summed E-state index contributed by atoms with van der Waals surface area (Å²) in [4.78, 5) is 56.0. The van der Waals surface area contributed by atoms with Gasteiger partial charge in [0.1, 0.15) is 29.3 Å². The molecule has 66 heavy (non-hydrogen) atoms. The molecule has 0 unspecified atom stereocenters. The number of aryl methyl sites for hydroxylation is 2. The van der Waals surface area contributed by atoms with Gasteiger partial charge in [0.2, 0.25) is 17.8 Å². The molecule has 10 heterocycles. The van der Waals surface area contributed by atoms with E-state index in [0.717, 1.165) is 108 Å². The van der Waals surface area contributed by atoms with Crippen molar-refractivity contribution in [2.24, 2.45) is 0 Å². The Morgan fingerprint density at radius 2 is 1.12 bits per heavy atom. The highest BCUT2D eigenvalue weighted by molar-refractivity contribution is 5.79. The molecule has 2 fully saturated rings. The first kappa shape index (κ1) is 41.5. The Balaban J connectivity index is 0.000000147. The Morgan fingerprint density at radius 3 is 1.59 bits per heavy atom. The van der Waals surface area contributed by atoms with E-state index in [4.69, 9.17) is 25.0 Å². The van der Waals surface area contributed by atoms with Crippen LogP contribution in [0.1, 0.15) is 61.5 Å². The molecule has 6 aromatic heterocycles. The molecule has 0 bridgehead atoms. The number of hydrogen-bond acceptors (Lipinski definition) is 13. The van der Waals surface area contributed by atoms with Gasteiger partial charge in [-0.3, -0.25) is 4.79 Å². The lowest BCUT2D eigenvalue weighted by Gasteiger charge is -2.39. The maximum Gasteiger partial charge on any atom is 0.248 e. The van der Waals surface area contributed by atoms with E-state index in [1.807, 2.05) is 56.0 Å². The molecular weight excluding hydrogens is 829 g/mol. The Bertz CT molecular complexity index is 3000. The topological polar surface area (TPSA) is 172 Å². The number of carbonyl (C=O) groups is 1. The molecule has 1 amide bonds. The fourth-order valence-corrected chi connectivity index (χ4v) is 10.1. The third-order valence-corrected chi connectivity index (χ3v) is 13.4. The van der Waals surface area contributed by atoms with Crippen LogP contribution in [0.3, 0.4) is 0 Å². The van der Waals surface area contributed by atoms with Gasteiger partial charge in [0.15, 0.2) is 11.3 Å². The number of nitrogens with zero attached hydrogens (tertiary/aromatic N) is 13. The quantitative estimate of drug-likeness (QED) is 0.201. The fraction of sp³-hybridized carbons (Fsp3) is 0.340. The van der Waals surface area contributed by atoms with E-state index in [0.29, 0.717) is 31.6 Å². The fourth-order valence-electron chi connectivity index (χ4n) is 10.1. The zero-order valence-corrected chi connectivity index (χ0v) is 37.1. The molecule has 4 aliphatic heterocycles. The molecule has 0 aliphatic carbocycles. The number of aliphatic hydroxyl groups excluding tert-OH is 1. The Kier molecular flexibility index (Phi) is 11.1. The average Bonchev–Trinajstić information content (AvgIpc) is 4.16. The zero-order chi connectivity index (χ0) is 44.7. The number of amides is 1. The number of pyridine rings is 2. The second kappa shape index (κ2) is 17.7. The monoisotopic (exact) mass is 880 g/mol. The molecule has 2 saturated heterocycles. The molecule has 16 nitrogen and oxygen atoms in total. The number of carbonyl (C=O) groups excluding carboxylic acids is 1. The highest BCUT2D eigenvalue weighted by Gasteiger charge is 2.31. The summed E-state index contributed by atoms with van der Waals surface area (Å²) in [6, 6.07) is 30.2. The van der Waals surface area contributed by atoms with Gasteiger partial charge in [-0.15, -0.1) is 0 Å². The number of aromatic nitrogens is 10. The normalized spacial score (nSPS) is 20.3. The van der Waals surface area contributed by atoms with Crippen LogP contribution in [0, 0.1) is 0 Å². The predicted octanol–water partition coefficient (Wildman–Crippen LogP) is 5.68. The highest BCUT2D eigenvalue weighted by atomic mass is 16.3. The summed E-state index contributed by atoms with van der Waals surface area (Å²) in [5.74, 6) is 3.38. The van der Waals surface area contributed by atoms with E-state index >= 15 is 0 Å². The van der Waals surface area contributed by atoms with Crippen molar-refractivity contribution >= 4 is 40.1 Å². The van der Waals surface area contributed by atoms with Crippen molar-refractivity contribution in [1.82, 2.24) is 59.2 Å². The minimum absolute atomic E-state index is 0.0164. The molecular formula is C50H52N14O2. The van der Waals surface area contributed by atoms with E-state index in [2.05, 4.69) is 112 Å². The van der Waals surface area contributed by atoms with Crippen LogP contribution in [-0.2, 0) is 17.6 Å². The number of fused-ring (bicyclic) bond motifs is 6. The van der Waals surface area contributed by atoms with Crippen molar-refractivity contribution in [3.8, 4) is 22.5 Å².